The number of rotatable bonds is 11. The largest absolute Gasteiger partial charge is 0.387 e. The second-order valence-corrected chi connectivity index (χ2v) is 19.7. The minimum absolute atomic E-state index is 0.0800. The van der Waals surface area contributed by atoms with Gasteiger partial charge in [-0.2, -0.15) is 4.72 Å². The van der Waals surface area contributed by atoms with E-state index in [1.54, 1.807) is 49.2 Å². The number of halogens is 2. The second kappa shape index (κ2) is 18.8. The number of anilines is 1. The Morgan fingerprint density at radius 2 is 1.22 bits per heavy atom. The molecule has 2 aromatic carbocycles. The molecule has 316 valence electrons. The number of nitriles is 1. The lowest BCUT2D eigenvalue weighted by atomic mass is 9.97. The molecule has 2 fully saturated rings. The van der Waals surface area contributed by atoms with Crippen LogP contribution in [0.3, 0.4) is 0 Å². The lowest BCUT2D eigenvalue weighted by Gasteiger charge is -2.41. The Morgan fingerprint density at radius 1 is 0.763 bits per heavy atom. The van der Waals surface area contributed by atoms with E-state index in [9.17, 15) is 25.6 Å². The molecule has 0 radical (unpaired) electrons. The maximum absolute atomic E-state index is 14.6. The summed E-state index contributed by atoms with van der Waals surface area (Å²) in [5.41, 5.74) is 7.01. The Morgan fingerprint density at radius 3 is 1.73 bits per heavy atom. The van der Waals surface area contributed by atoms with Crippen molar-refractivity contribution in [1.29, 1.82) is 5.26 Å². The number of hydrogen-bond acceptors (Lipinski definition) is 11. The average molecular weight is 851 g/mol. The SMILES string of the molecule is CC(C)N1CC(S(=O)(=O)NCNc2c(-c3ccncc3)cc(F)c3c2CCC3)C1.CC(C)N1CC(S(N)(=O)=O)C1.N#COc1c(-c2ccncc2)cc(F)c2c1CCC2. The fourth-order valence-electron chi connectivity index (χ4n) is 7.83. The van der Waals surface area contributed by atoms with Crippen molar-refractivity contribution < 1.29 is 30.4 Å². The first-order valence-corrected chi connectivity index (χ1v) is 23.0. The van der Waals surface area contributed by atoms with E-state index in [1.807, 2.05) is 26.0 Å². The zero-order valence-corrected chi connectivity index (χ0v) is 35.4. The van der Waals surface area contributed by atoms with Gasteiger partial charge in [-0.1, -0.05) is 0 Å². The first-order valence-electron chi connectivity index (χ1n) is 19.9. The molecule has 13 nitrogen and oxygen atoms in total. The number of aromatic nitrogens is 2. The van der Waals surface area contributed by atoms with Gasteiger partial charge in [0.2, 0.25) is 20.0 Å². The van der Waals surface area contributed by atoms with Crippen LogP contribution < -0.4 is 19.9 Å². The summed E-state index contributed by atoms with van der Waals surface area (Å²) in [6, 6.07) is 11.0. The smallest absolute Gasteiger partial charge is 0.292 e. The lowest BCUT2D eigenvalue weighted by molar-refractivity contribution is 0.141. The maximum Gasteiger partial charge on any atom is 0.292 e. The van der Waals surface area contributed by atoms with Crippen LogP contribution in [0.25, 0.3) is 22.3 Å². The third kappa shape index (κ3) is 10.2. The zero-order chi connectivity index (χ0) is 42.5. The fourth-order valence-corrected chi connectivity index (χ4v) is 9.91. The number of pyridine rings is 2. The van der Waals surface area contributed by atoms with Crippen LogP contribution in [0.5, 0.6) is 5.75 Å². The van der Waals surface area contributed by atoms with Crippen LogP contribution >= 0.6 is 0 Å². The number of hydrogen-bond donors (Lipinski definition) is 3. The molecule has 4 aromatic rings. The molecular weight excluding hydrogens is 799 g/mol. The maximum atomic E-state index is 14.6. The number of likely N-dealkylation sites (tertiary alicyclic amines) is 2. The van der Waals surface area contributed by atoms with Crippen LogP contribution in [-0.4, -0.2) is 92.0 Å². The summed E-state index contributed by atoms with van der Waals surface area (Å²) in [7, 11) is -6.67. The van der Waals surface area contributed by atoms with Gasteiger partial charge in [0.05, 0.1) is 6.67 Å². The monoisotopic (exact) mass is 850 g/mol. The van der Waals surface area contributed by atoms with Gasteiger partial charge in [-0.15, -0.1) is 5.26 Å². The van der Waals surface area contributed by atoms with E-state index in [0.717, 1.165) is 64.8 Å². The van der Waals surface area contributed by atoms with Gasteiger partial charge in [-0.25, -0.2) is 30.8 Å². The van der Waals surface area contributed by atoms with E-state index in [4.69, 9.17) is 15.1 Å². The third-order valence-corrected chi connectivity index (χ3v) is 14.4. The number of nitrogens with zero attached hydrogens (tertiary/aromatic N) is 5. The molecule has 59 heavy (non-hydrogen) atoms. The molecule has 4 N–H and O–H groups in total. The molecule has 2 saturated heterocycles. The second-order valence-electron chi connectivity index (χ2n) is 15.8. The first kappa shape index (κ1) is 44.0. The minimum atomic E-state index is -3.40. The molecule has 0 saturated carbocycles. The van der Waals surface area contributed by atoms with Crippen LogP contribution in [0.15, 0.2) is 61.2 Å². The summed E-state index contributed by atoms with van der Waals surface area (Å²) in [5.74, 6) is 0.0749. The number of sulfonamides is 2. The summed E-state index contributed by atoms with van der Waals surface area (Å²) in [6.07, 6.45) is 13.1. The molecule has 4 heterocycles. The van der Waals surface area contributed by atoms with Gasteiger partial charge in [-0.05, 0) is 130 Å². The van der Waals surface area contributed by atoms with Crippen LogP contribution in [0.1, 0.15) is 62.8 Å². The van der Waals surface area contributed by atoms with Crippen LogP contribution in [0.2, 0.25) is 0 Å². The summed E-state index contributed by atoms with van der Waals surface area (Å²) < 4.78 is 83.1. The highest BCUT2D eigenvalue weighted by molar-refractivity contribution is 7.90. The number of nitrogens with one attached hydrogen (secondary N) is 2. The summed E-state index contributed by atoms with van der Waals surface area (Å²) in [5, 5.41) is 16.3. The van der Waals surface area contributed by atoms with Crippen LogP contribution in [0.4, 0.5) is 14.5 Å². The third-order valence-electron chi connectivity index (χ3n) is 11.4. The molecule has 2 aromatic heterocycles. The van der Waals surface area contributed by atoms with E-state index < -0.39 is 20.0 Å². The van der Waals surface area contributed by atoms with Crippen molar-refractivity contribution in [3.05, 3.63) is 95.1 Å². The fraction of sp³-hybridized carbons (Fsp3) is 0.452. The van der Waals surface area contributed by atoms with E-state index in [1.165, 1.54) is 6.07 Å². The minimum Gasteiger partial charge on any atom is -0.387 e. The Hall–Kier alpha value is -4.57. The van der Waals surface area contributed by atoms with Gasteiger partial charge < -0.3 is 10.1 Å². The van der Waals surface area contributed by atoms with Gasteiger partial charge in [0, 0.05) is 85.4 Å². The number of ether oxygens (including phenoxy) is 1. The Labute approximate surface area is 346 Å². The van der Waals surface area contributed by atoms with Gasteiger partial charge in [0.25, 0.3) is 6.26 Å². The number of primary sulfonamides is 1. The Balaban J connectivity index is 0.000000166. The predicted octanol–water partition coefficient (Wildman–Crippen LogP) is 5.36. The summed E-state index contributed by atoms with van der Waals surface area (Å²) in [4.78, 5) is 12.2. The van der Waals surface area contributed by atoms with E-state index in [2.05, 4.69) is 43.7 Å². The summed E-state index contributed by atoms with van der Waals surface area (Å²) >= 11 is 0. The molecule has 0 atom stereocenters. The Kier molecular flexibility index (Phi) is 14.0. The molecule has 8 rings (SSSR count). The van der Waals surface area contributed by atoms with Crippen molar-refractivity contribution >= 4 is 25.7 Å². The van der Waals surface area contributed by atoms with E-state index >= 15 is 0 Å². The molecule has 4 aliphatic rings. The zero-order valence-electron chi connectivity index (χ0n) is 33.8. The average Bonchev–Trinajstić information content (AvgIpc) is 3.85. The molecule has 0 spiro atoms. The highest BCUT2D eigenvalue weighted by atomic mass is 32.2. The van der Waals surface area contributed by atoms with Crippen molar-refractivity contribution in [2.24, 2.45) is 5.14 Å². The molecular formula is C42H52F2N8O5S2. The van der Waals surface area contributed by atoms with Crippen LogP contribution in [-0.2, 0) is 45.7 Å². The molecule has 2 aliphatic carbocycles. The van der Waals surface area contributed by atoms with E-state index in [0.29, 0.717) is 68.0 Å². The standard InChI is InChI=1S/C21H27FN4O2S.C15H11FN2O.C6H14N2O2S/c1-14(2)26-11-16(12-26)29(27,28)25-13-24-21-18-5-3-4-17(18)20(22)10-19(21)15-6-8-23-9-7-15;16-14-8-13(10-4-6-18-7-5-10)15(19-9-17)12-3-1-2-11(12)14;1-5(2)8-3-6(4-8)11(7,9)10/h6-10,14,16,24-25H,3-5,11-13H2,1-2H3;4-8H,1-3H2;5-6H,3-4H2,1-2H3,(H2,7,9,10). The molecule has 0 unspecified atom stereocenters. The molecule has 0 bridgehead atoms. The molecule has 17 heteroatoms. The Bertz CT molecular complexity index is 2370. The number of fused-ring (bicyclic) bond motifs is 2. The number of benzene rings is 2. The van der Waals surface area contributed by atoms with Crippen molar-refractivity contribution in [3.8, 4) is 34.3 Å². The first-order chi connectivity index (χ1) is 28.1. The molecule has 2 aliphatic heterocycles. The van der Waals surface area contributed by atoms with Crippen molar-refractivity contribution in [3.63, 3.8) is 0 Å². The van der Waals surface area contributed by atoms with Crippen LogP contribution in [0, 0.1) is 23.2 Å². The highest BCUT2D eigenvalue weighted by Gasteiger charge is 2.38. The summed E-state index contributed by atoms with van der Waals surface area (Å²) in [6.45, 7) is 10.6. The van der Waals surface area contributed by atoms with Gasteiger partial charge in [0.15, 0.2) is 5.75 Å². The van der Waals surface area contributed by atoms with Crippen molar-refractivity contribution in [2.75, 3.05) is 38.2 Å². The van der Waals surface area contributed by atoms with Gasteiger partial charge in [0.1, 0.15) is 22.1 Å². The topological polar surface area (TPSA) is 184 Å². The normalized spacial score (nSPS) is 16.8. The van der Waals surface area contributed by atoms with Gasteiger partial charge in [-0.3, -0.25) is 19.8 Å². The van der Waals surface area contributed by atoms with E-state index in [-0.39, 0.29) is 28.8 Å². The quantitative estimate of drug-likeness (QED) is 0.131. The number of nitrogens with two attached hydrogens (primary N) is 1. The predicted molar refractivity (Wildman–Crippen MR) is 224 cm³/mol. The lowest BCUT2D eigenvalue weighted by Crippen LogP contribution is -2.59. The molecule has 0 amide bonds. The highest BCUT2D eigenvalue weighted by Crippen LogP contribution is 2.41. The van der Waals surface area contributed by atoms with Crippen molar-refractivity contribution in [1.82, 2.24) is 24.5 Å². The van der Waals surface area contributed by atoms with Crippen molar-refractivity contribution in [2.45, 2.75) is 88.8 Å². The van der Waals surface area contributed by atoms with Gasteiger partial charge >= 0.3 is 0 Å².